The zero-order valence-corrected chi connectivity index (χ0v) is 18.7. The summed E-state index contributed by atoms with van der Waals surface area (Å²) in [6.07, 6.45) is 0. The Balaban J connectivity index is 1.90. The Morgan fingerprint density at radius 1 is 1.07 bits per heavy atom. The highest BCUT2D eigenvalue weighted by Crippen LogP contribution is 2.36. The van der Waals surface area contributed by atoms with Crippen molar-refractivity contribution in [2.45, 2.75) is 38.9 Å². The minimum absolute atomic E-state index is 0.0510. The van der Waals surface area contributed by atoms with E-state index in [0.29, 0.717) is 24.4 Å². The summed E-state index contributed by atoms with van der Waals surface area (Å²) in [6.45, 7) is 5.31. The maximum absolute atomic E-state index is 13.4. The molecule has 1 heterocycles. The standard InChI is InChI=1S/C24H32N2O4/c1-15(2)19-10-20(23(30-6)11-22(19)29-5)24(28)26-12-17-8-7-16(9-18(17)13-26)21(14-27)25(3)4/h7-11,15,21,27H,12-14H2,1-6H3. The highest BCUT2D eigenvalue weighted by Gasteiger charge is 2.28. The second-order valence-corrected chi connectivity index (χ2v) is 8.30. The summed E-state index contributed by atoms with van der Waals surface area (Å²) in [4.78, 5) is 17.2. The molecule has 0 saturated heterocycles. The summed E-state index contributed by atoms with van der Waals surface area (Å²) >= 11 is 0. The van der Waals surface area contributed by atoms with Crippen LogP contribution in [0.2, 0.25) is 0 Å². The third-order valence-electron chi connectivity index (χ3n) is 5.83. The van der Waals surface area contributed by atoms with Crippen molar-refractivity contribution in [1.82, 2.24) is 9.80 Å². The van der Waals surface area contributed by atoms with Gasteiger partial charge in [0.15, 0.2) is 0 Å². The monoisotopic (exact) mass is 412 g/mol. The minimum Gasteiger partial charge on any atom is -0.496 e. The largest absolute Gasteiger partial charge is 0.496 e. The Hall–Kier alpha value is -2.57. The molecule has 6 heteroatoms. The maximum Gasteiger partial charge on any atom is 0.258 e. The predicted octanol–water partition coefficient (Wildman–Crippen LogP) is 3.58. The topological polar surface area (TPSA) is 62.2 Å². The lowest BCUT2D eigenvalue weighted by atomic mass is 9.98. The van der Waals surface area contributed by atoms with Crippen LogP contribution in [0.5, 0.6) is 11.5 Å². The van der Waals surface area contributed by atoms with E-state index in [1.807, 2.05) is 36.0 Å². The van der Waals surface area contributed by atoms with Gasteiger partial charge < -0.3 is 24.4 Å². The molecule has 0 aromatic heterocycles. The molecule has 0 spiro atoms. The van der Waals surface area contributed by atoms with Gasteiger partial charge in [-0.05, 0) is 48.3 Å². The van der Waals surface area contributed by atoms with E-state index in [-0.39, 0.29) is 24.5 Å². The number of carbonyl (C=O) groups excluding carboxylic acids is 1. The zero-order chi connectivity index (χ0) is 22.0. The van der Waals surface area contributed by atoms with Crippen molar-refractivity contribution in [2.24, 2.45) is 0 Å². The molecule has 1 amide bonds. The highest BCUT2D eigenvalue weighted by atomic mass is 16.5. The van der Waals surface area contributed by atoms with E-state index in [4.69, 9.17) is 9.47 Å². The van der Waals surface area contributed by atoms with E-state index in [9.17, 15) is 9.90 Å². The van der Waals surface area contributed by atoms with E-state index in [0.717, 1.165) is 28.0 Å². The van der Waals surface area contributed by atoms with Gasteiger partial charge in [-0.1, -0.05) is 32.0 Å². The second-order valence-electron chi connectivity index (χ2n) is 8.30. The number of aliphatic hydroxyl groups is 1. The van der Waals surface area contributed by atoms with Gasteiger partial charge in [-0.2, -0.15) is 0 Å². The molecular formula is C24H32N2O4. The Morgan fingerprint density at radius 3 is 2.30 bits per heavy atom. The molecule has 1 aliphatic heterocycles. The average Bonchev–Trinajstić information content (AvgIpc) is 3.15. The molecule has 1 aliphatic rings. The molecule has 0 bridgehead atoms. The van der Waals surface area contributed by atoms with Crippen LogP contribution in [0.15, 0.2) is 30.3 Å². The molecule has 0 saturated carbocycles. The number of amides is 1. The van der Waals surface area contributed by atoms with Crippen LogP contribution in [-0.4, -0.2) is 55.7 Å². The van der Waals surface area contributed by atoms with Crippen molar-refractivity contribution in [3.05, 3.63) is 58.1 Å². The van der Waals surface area contributed by atoms with Crippen molar-refractivity contribution in [3.8, 4) is 11.5 Å². The first-order chi connectivity index (χ1) is 14.3. The quantitative estimate of drug-likeness (QED) is 0.753. The first kappa shape index (κ1) is 22.1. The van der Waals surface area contributed by atoms with E-state index in [1.165, 1.54) is 0 Å². The molecule has 0 fully saturated rings. The Labute approximate surface area is 179 Å². The predicted molar refractivity (Wildman–Crippen MR) is 117 cm³/mol. The molecule has 0 radical (unpaired) electrons. The van der Waals surface area contributed by atoms with E-state index in [2.05, 4.69) is 26.0 Å². The number of hydrogen-bond donors (Lipinski definition) is 1. The van der Waals surface area contributed by atoms with Crippen LogP contribution in [0.25, 0.3) is 0 Å². The second kappa shape index (κ2) is 9.06. The number of hydrogen-bond acceptors (Lipinski definition) is 5. The zero-order valence-electron chi connectivity index (χ0n) is 18.7. The number of carbonyl (C=O) groups is 1. The van der Waals surface area contributed by atoms with Gasteiger partial charge in [0.25, 0.3) is 5.91 Å². The van der Waals surface area contributed by atoms with Gasteiger partial charge >= 0.3 is 0 Å². The van der Waals surface area contributed by atoms with Crippen molar-refractivity contribution >= 4 is 5.91 Å². The van der Waals surface area contributed by atoms with Gasteiger partial charge in [-0.15, -0.1) is 0 Å². The molecule has 3 rings (SSSR count). The Bertz CT molecular complexity index is 924. The fourth-order valence-electron chi connectivity index (χ4n) is 4.04. The fourth-order valence-corrected chi connectivity index (χ4v) is 4.04. The van der Waals surface area contributed by atoms with E-state index < -0.39 is 0 Å². The van der Waals surface area contributed by atoms with Gasteiger partial charge in [-0.25, -0.2) is 0 Å². The molecule has 2 aromatic carbocycles. The smallest absolute Gasteiger partial charge is 0.258 e. The van der Waals surface area contributed by atoms with E-state index >= 15 is 0 Å². The highest BCUT2D eigenvalue weighted by molar-refractivity contribution is 5.97. The van der Waals surface area contributed by atoms with Gasteiger partial charge in [0.1, 0.15) is 11.5 Å². The maximum atomic E-state index is 13.4. The van der Waals surface area contributed by atoms with Gasteiger partial charge in [0.05, 0.1) is 32.4 Å². The molecule has 1 atom stereocenters. The third-order valence-corrected chi connectivity index (χ3v) is 5.83. The summed E-state index contributed by atoms with van der Waals surface area (Å²) in [7, 11) is 7.10. The molecule has 2 aromatic rings. The lowest BCUT2D eigenvalue weighted by molar-refractivity contribution is 0.0747. The summed E-state index contributed by atoms with van der Waals surface area (Å²) in [5.41, 5.74) is 4.85. The van der Waals surface area contributed by atoms with Crippen molar-refractivity contribution in [1.29, 1.82) is 0 Å². The molecule has 30 heavy (non-hydrogen) atoms. The molecule has 6 nitrogen and oxygen atoms in total. The molecule has 162 valence electrons. The minimum atomic E-state index is -0.0599. The molecular weight excluding hydrogens is 380 g/mol. The van der Waals surface area contributed by atoms with Crippen LogP contribution < -0.4 is 9.47 Å². The van der Waals surface area contributed by atoms with Crippen LogP contribution >= 0.6 is 0 Å². The van der Waals surface area contributed by atoms with Crippen LogP contribution in [0.1, 0.15) is 58.4 Å². The molecule has 1 unspecified atom stereocenters. The summed E-state index contributed by atoms with van der Waals surface area (Å²) < 4.78 is 11.0. The van der Waals surface area contributed by atoms with Gasteiger partial charge in [0, 0.05) is 19.2 Å². The molecule has 0 aliphatic carbocycles. The SMILES string of the molecule is COc1cc(OC)c(C(C)C)cc1C(=O)N1Cc2ccc(C(CO)N(C)C)cc2C1. The van der Waals surface area contributed by atoms with Crippen LogP contribution in [0.3, 0.4) is 0 Å². The lowest BCUT2D eigenvalue weighted by Crippen LogP contribution is -2.26. The summed E-state index contributed by atoms with van der Waals surface area (Å²) in [5, 5.41) is 9.73. The van der Waals surface area contributed by atoms with Crippen LogP contribution in [-0.2, 0) is 13.1 Å². The van der Waals surface area contributed by atoms with Crippen molar-refractivity contribution in [3.63, 3.8) is 0 Å². The number of benzene rings is 2. The average molecular weight is 413 g/mol. The number of rotatable bonds is 7. The number of fused-ring (bicyclic) bond motifs is 1. The molecule has 1 N–H and O–H groups in total. The fraction of sp³-hybridized carbons (Fsp3) is 0.458. The number of methoxy groups -OCH3 is 2. The van der Waals surface area contributed by atoms with E-state index in [1.54, 1.807) is 20.3 Å². The normalized spacial score (nSPS) is 14.2. The first-order valence-corrected chi connectivity index (χ1v) is 10.2. The number of nitrogens with zero attached hydrogens (tertiary/aromatic N) is 2. The van der Waals surface area contributed by atoms with Crippen molar-refractivity contribution in [2.75, 3.05) is 34.9 Å². The number of likely N-dealkylation sites (N-methyl/N-ethyl adjacent to an activating group) is 1. The lowest BCUT2D eigenvalue weighted by Gasteiger charge is -2.23. The van der Waals surface area contributed by atoms with Crippen LogP contribution in [0, 0.1) is 0 Å². The number of aliphatic hydroxyl groups excluding tert-OH is 1. The summed E-state index contributed by atoms with van der Waals surface area (Å²) in [5.74, 6) is 1.41. The summed E-state index contributed by atoms with van der Waals surface area (Å²) in [6, 6.07) is 9.84. The third kappa shape index (κ3) is 4.16. The number of ether oxygens (including phenoxy) is 2. The first-order valence-electron chi connectivity index (χ1n) is 10.2. The Morgan fingerprint density at radius 2 is 1.73 bits per heavy atom. The van der Waals surface area contributed by atoms with Gasteiger partial charge in [0.2, 0.25) is 0 Å². The van der Waals surface area contributed by atoms with Crippen LogP contribution in [0.4, 0.5) is 0 Å². The van der Waals surface area contributed by atoms with Gasteiger partial charge in [-0.3, -0.25) is 4.79 Å². The van der Waals surface area contributed by atoms with Crippen molar-refractivity contribution < 1.29 is 19.4 Å². The Kier molecular flexibility index (Phi) is 6.68.